The van der Waals surface area contributed by atoms with Crippen LogP contribution in [0, 0.1) is 0 Å². The topological polar surface area (TPSA) is 79.9 Å². The summed E-state index contributed by atoms with van der Waals surface area (Å²) >= 11 is 0. The van der Waals surface area contributed by atoms with Gasteiger partial charge in [-0.1, -0.05) is 19.1 Å². The average Bonchev–Trinajstić information content (AvgIpc) is 3.06. The maximum atomic E-state index is 11.8. The van der Waals surface area contributed by atoms with E-state index in [0.29, 0.717) is 6.54 Å². The summed E-state index contributed by atoms with van der Waals surface area (Å²) in [5, 5.41) is 10.8. The fourth-order valence-corrected chi connectivity index (χ4v) is 2.64. The molecule has 0 aliphatic rings. The lowest BCUT2D eigenvalue weighted by molar-refractivity contribution is 0.0525. The molecule has 0 radical (unpaired) electrons. The SMILES string of the molecule is CC(CNC(=O)OC(C)(C)C)c1ccc(-c2ccc3[nH]ncc3c2)nc1. The number of amides is 1. The number of nitrogens with zero attached hydrogens (tertiary/aromatic N) is 2. The fraction of sp³-hybridized carbons (Fsp3) is 0.350. The van der Waals surface area contributed by atoms with Crippen molar-refractivity contribution >= 4 is 17.0 Å². The van der Waals surface area contributed by atoms with Crippen LogP contribution in [0.15, 0.2) is 42.7 Å². The van der Waals surface area contributed by atoms with E-state index in [-0.39, 0.29) is 5.92 Å². The summed E-state index contributed by atoms with van der Waals surface area (Å²) in [7, 11) is 0. The van der Waals surface area contributed by atoms with Crippen molar-refractivity contribution in [2.45, 2.75) is 39.2 Å². The number of carbonyl (C=O) groups is 1. The number of benzene rings is 1. The number of alkyl carbamates (subject to hydrolysis) is 1. The van der Waals surface area contributed by atoms with E-state index in [1.165, 1.54) is 0 Å². The van der Waals surface area contributed by atoms with Gasteiger partial charge >= 0.3 is 6.09 Å². The molecular weight excluding hydrogens is 328 g/mol. The van der Waals surface area contributed by atoms with Crippen LogP contribution in [0.25, 0.3) is 22.2 Å². The van der Waals surface area contributed by atoms with Crippen molar-refractivity contribution < 1.29 is 9.53 Å². The maximum Gasteiger partial charge on any atom is 0.407 e. The molecule has 1 aromatic carbocycles. The van der Waals surface area contributed by atoms with Crippen molar-refractivity contribution in [3.63, 3.8) is 0 Å². The second kappa shape index (κ2) is 7.15. The minimum Gasteiger partial charge on any atom is -0.444 e. The van der Waals surface area contributed by atoms with Gasteiger partial charge in [-0.2, -0.15) is 5.10 Å². The average molecular weight is 352 g/mol. The Morgan fingerprint density at radius 2 is 2.04 bits per heavy atom. The number of hydrogen-bond donors (Lipinski definition) is 2. The highest BCUT2D eigenvalue weighted by Gasteiger charge is 2.17. The Morgan fingerprint density at radius 3 is 2.73 bits per heavy atom. The first kappa shape index (κ1) is 17.9. The number of pyridine rings is 1. The molecule has 0 bridgehead atoms. The maximum absolute atomic E-state index is 11.8. The van der Waals surface area contributed by atoms with Crippen molar-refractivity contribution in [3.05, 3.63) is 48.3 Å². The zero-order valence-electron chi connectivity index (χ0n) is 15.5. The van der Waals surface area contributed by atoms with Crippen molar-refractivity contribution in [2.24, 2.45) is 0 Å². The second-order valence-corrected chi connectivity index (χ2v) is 7.43. The number of rotatable bonds is 4. The van der Waals surface area contributed by atoms with Gasteiger partial charge < -0.3 is 10.1 Å². The Hall–Kier alpha value is -2.89. The number of nitrogens with one attached hydrogen (secondary N) is 2. The number of H-pyrrole nitrogens is 1. The lowest BCUT2D eigenvalue weighted by atomic mass is 10.0. The Morgan fingerprint density at radius 1 is 1.23 bits per heavy atom. The van der Waals surface area contributed by atoms with Crippen LogP contribution in [0.2, 0.25) is 0 Å². The smallest absolute Gasteiger partial charge is 0.407 e. The van der Waals surface area contributed by atoms with Gasteiger partial charge in [-0.05, 0) is 44.5 Å². The minimum absolute atomic E-state index is 0.139. The Kier molecular flexibility index (Phi) is 4.93. The predicted octanol–water partition coefficient (Wildman–Crippen LogP) is 4.25. The normalized spacial score (nSPS) is 12.8. The van der Waals surface area contributed by atoms with Gasteiger partial charge in [-0.3, -0.25) is 10.1 Å². The molecule has 3 aromatic rings. The van der Waals surface area contributed by atoms with E-state index in [1.807, 2.05) is 58.2 Å². The van der Waals surface area contributed by atoms with Crippen LogP contribution < -0.4 is 5.32 Å². The standard InChI is InChI=1S/C20H24N4O2/c1-13(10-22-19(25)26-20(2,3)4)15-6-7-17(21-11-15)14-5-8-18-16(9-14)12-23-24-18/h5-9,11-13H,10H2,1-4H3,(H,22,25)(H,23,24). The van der Waals surface area contributed by atoms with E-state index >= 15 is 0 Å². The molecular formula is C20H24N4O2. The second-order valence-electron chi connectivity index (χ2n) is 7.43. The number of aromatic amines is 1. The van der Waals surface area contributed by atoms with Gasteiger partial charge in [0, 0.05) is 29.6 Å². The molecule has 6 nitrogen and oxygen atoms in total. The third-order valence-corrected chi connectivity index (χ3v) is 4.04. The van der Waals surface area contributed by atoms with Crippen molar-refractivity contribution in [1.29, 1.82) is 0 Å². The summed E-state index contributed by atoms with van der Waals surface area (Å²) in [6.45, 7) is 8.08. The first-order chi connectivity index (χ1) is 12.3. The van der Waals surface area contributed by atoms with Crippen LogP contribution in [0.3, 0.4) is 0 Å². The zero-order chi connectivity index (χ0) is 18.7. The molecule has 2 aromatic heterocycles. The van der Waals surface area contributed by atoms with E-state index in [9.17, 15) is 4.79 Å². The summed E-state index contributed by atoms with van der Waals surface area (Å²) in [4.78, 5) is 16.3. The number of fused-ring (bicyclic) bond motifs is 1. The largest absolute Gasteiger partial charge is 0.444 e. The molecule has 26 heavy (non-hydrogen) atoms. The molecule has 1 amide bonds. The summed E-state index contributed by atoms with van der Waals surface area (Å²) in [6, 6.07) is 10.1. The van der Waals surface area contributed by atoms with Crippen LogP contribution in [0.1, 0.15) is 39.2 Å². The Bertz CT molecular complexity index is 894. The van der Waals surface area contributed by atoms with Crippen molar-refractivity contribution in [3.8, 4) is 11.3 Å². The summed E-state index contributed by atoms with van der Waals surface area (Å²) in [5.74, 6) is 0.139. The molecule has 0 saturated heterocycles. The number of carbonyl (C=O) groups excluding carboxylic acids is 1. The molecule has 6 heteroatoms. The quantitative estimate of drug-likeness (QED) is 0.735. The number of aromatic nitrogens is 3. The summed E-state index contributed by atoms with van der Waals surface area (Å²) < 4.78 is 5.26. The highest BCUT2D eigenvalue weighted by Crippen LogP contribution is 2.23. The molecule has 0 fully saturated rings. The molecule has 136 valence electrons. The van der Waals surface area contributed by atoms with Crippen molar-refractivity contribution in [1.82, 2.24) is 20.5 Å². The predicted molar refractivity (Wildman–Crippen MR) is 102 cm³/mol. The lowest BCUT2D eigenvalue weighted by Crippen LogP contribution is -2.34. The fourth-order valence-electron chi connectivity index (χ4n) is 2.64. The van der Waals surface area contributed by atoms with Gasteiger partial charge in [-0.15, -0.1) is 0 Å². The molecule has 3 rings (SSSR count). The molecule has 2 heterocycles. The minimum atomic E-state index is -0.493. The molecule has 2 N–H and O–H groups in total. The summed E-state index contributed by atoms with van der Waals surface area (Å²) in [6.07, 6.45) is 3.26. The van der Waals surface area contributed by atoms with Crippen LogP contribution >= 0.6 is 0 Å². The van der Waals surface area contributed by atoms with Gasteiger partial charge in [0.05, 0.1) is 17.4 Å². The molecule has 0 saturated carbocycles. The van der Waals surface area contributed by atoms with E-state index < -0.39 is 11.7 Å². The van der Waals surface area contributed by atoms with Gasteiger partial charge in [-0.25, -0.2) is 4.79 Å². The molecule has 0 aliphatic carbocycles. The van der Waals surface area contributed by atoms with Gasteiger partial charge in [0.15, 0.2) is 0 Å². The van der Waals surface area contributed by atoms with Gasteiger partial charge in [0.2, 0.25) is 0 Å². The molecule has 0 spiro atoms. The number of hydrogen-bond acceptors (Lipinski definition) is 4. The zero-order valence-corrected chi connectivity index (χ0v) is 15.5. The third kappa shape index (κ3) is 4.39. The van der Waals surface area contributed by atoms with Crippen LogP contribution in [-0.2, 0) is 4.74 Å². The van der Waals surface area contributed by atoms with E-state index in [2.05, 4.69) is 26.6 Å². The van der Waals surface area contributed by atoms with Crippen LogP contribution in [0.4, 0.5) is 4.79 Å². The monoisotopic (exact) mass is 352 g/mol. The van der Waals surface area contributed by atoms with Gasteiger partial charge in [0.25, 0.3) is 0 Å². The lowest BCUT2D eigenvalue weighted by Gasteiger charge is -2.21. The van der Waals surface area contributed by atoms with Crippen LogP contribution in [0.5, 0.6) is 0 Å². The van der Waals surface area contributed by atoms with Gasteiger partial charge in [0.1, 0.15) is 5.60 Å². The Labute approximate surface area is 153 Å². The highest BCUT2D eigenvalue weighted by molar-refractivity contribution is 5.83. The van der Waals surface area contributed by atoms with E-state index in [0.717, 1.165) is 27.7 Å². The summed E-state index contributed by atoms with van der Waals surface area (Å²) in [5.41, 5.74) is 3.53. The van der Waals surface area contributed by atoms with E-state index in [4.69, 9.17) is 4.74 Å². The van der Waals surface area contributed by atoms with E-state index in [1.54, 1.807) is 6.20 Å². The molecule has 0 aliphatic heterocycles. The van der Waals surface area contributed by atoms with Crippen molar-refractivity contribution in [2.75, 3.05) is 6.54 Å². The molecule has 1 atom stereocenters. The number of ether oxygens (including phenoxy) is 1. The first-order valence-electron chi connectivity index (χ1n) is 8.68. The van der Waals surface area contributed by atoms with Crippen LogP contribution in [-0.4, -0.2) is 33.4 Å². The molecule has 1 unspecified atom stereocenters. The highest BCUT2D eigenvalue weighted by atomic mass is 16.6. The first-order valence-corrected chi connectivity index (χ1v) is 8.68. The Balaban J connectivity index is 1.64. The third-order valence-electron chi connectivity index (χ3n) is 4.04.